The van der Waals surface area contributed by atoms with Crippen LogP contribution < -0.4 is 5.73 Å². The second-order valence-corrected chi connectivity index (χ2v) is 8.44. The lowest BCUT2D eigenvalue weighted by Crippen LogP contribution is -2.34. The van der Waals surface area contributed by atoms with Gasteiger partial charge >= 0.3 is 0 Å². The van der Waals surface area contributed by atoms with Gasteiger partial charge in [-0.05, 0) is 55.5 Å². The first-order valence-corrected chi connectivity index (χ1v) is 9.73. The number of nitriles is 1. The van der Waals surface area contributed by atoms with Crippen molar-refractivity contribution in [2.24, 2.45) is 10.7 Å². The molecule has 1 aliphatic carbocycles. The number of benzene rings is 1. The van der Waals surface area contributed by atoms with Gasteiger partial charge in [-0.1, -0.05) is 11.8 Å². The molecule has 3 nitrogen and oxygen atoms in total. The fourth-order valence-electron chi connectivity index (χ4n) is 3.60. The average Bonchev–Trinajstić information content (AvgIpc) is 3.01. The molecule has 0 saturated heterocycles. The molecule has 24 heavy (non-hydrogen) atoms. The Morgan fingerprint density at radius 1 is 1.29 bits per heavy atom. The Bertz CT molecular complexity index is 881. The molecule has 0 radical (unpaired) electrons. The minimum Gasteiger partial charge on any atom is -0.379 e. The van der Waals surface area contributed by atoms with Crippen LogP contribution in [0.25, 0.3) is 10.4 Å². The summed E-state index contributed by atoms with van der Waals surface area (Å²) >= 11 is 3.23. The van der Waals surface area contributed by atoms with Crippen molar-refractivity contribution in [2.45, 2.75) is 31.2 Å². The van der Waals surface area contributed by atoms with Crippen LogP contribution in [-0.4, -0.2) is 10.9 Å². The molecule has 2 N–H and O–H groups in total. The molecule has 122 valence electrons. The van der Waals surface area contributed by atoms with Crippen molar-refractivity contribution in [3.63, 3.8) is 0 Å². The van der Waals surface area contributed by atoms with Gasteiger partial charge in [0, 0.05) is 21.1 Å². The van der Waals surface area contributed by atoms with Crippen molar-refractivity contribution in [3.8, 4) is 16.5 Å². The third-order valence-corrected chi connectivity index (χ3v) is 6.78. The predicted octanol–water partition coefficient (Wildman–Crippen LogP) is 4.41. The van der Waals surface area contributed by atoms with Crippen LogP contribution in [0.2, 0.25) is 0 Å². The number of aryl methyl sites for hydroxylation is 1. The first kappa shape index (κ1) is 15.7. The number of hydrogen-bond acceptors (Lipinski definition) is 5. The zero-order valence-corrected chi connectivity index (χ0v) is 14.6. The number of thioether (sulfide) groups is 1. The summed E-state index contributed by atoms with van der Waals surface area (Å²) in [5.74, 6) is 0.682. The van der Waals surface area contributed by atoms with E-state index in [9.17, 15) is 4.39 Å². The van der Waals surface area contributed by atoms with Gasteiger partial charge < -0.3 is 5.73 Å². The molecular formula is C18H16FN3S2. The van der Waals surface area contributed by atoms with E-state index in [0.717, 1.165) is 36.3 Å². The third kappa shape index (κ3) is 2.52. The summed E-state index contributed by atoms with van der Waals surface area (Å²) in [5, 5.41) is 9.74. The smallest absolute Gasteiger partial charge is 0.154 e. The summed E-state index contributed by atoms with van der Waals surface area (Å²) in [7, 11) is 0. The molecule has 4 rings (SSSR count). The van der Waals surface area contributed by atoms with Crippen molar-refractivity contribution in [1.82, 2.24) is 0 Å². The number of nitrogens with zero attached hydrogens (tertiary/aromatic N) is 2. The minimum absolute atomic E-state index is 0.235. The quantitative estimate of drug-likeness (QED) is 0.822. The van der Waals surface area contributed by atoms with Gasteiger partial charge in [-0.2, -0.15) is 5.26 Å². The molecule has 0 amide bonds. The molecule has 1 spiro atoms. The summed E-state index contributed by atoms with van der Waals surface area (Å²) in [6, 6.07) is 8.67. The van der Waals surface area contributed by atoms with Gasteiger partial charge in [0.2, 0.25) is 0 Å². The molecule has 6 heteroatoms. The fraction of sp³-hybridized carbons (Fsp3) is 0.333. The van der Waals surface area contributed by atoms with Crippen LogP contribution >= 0.6 is 23.1 Å². The van der Waals surface area contributed by atoms with Crippen LogP contribution in [0, 0.1) is 17.1 Å². The van der Waals surface area contributed by atoms with Gasteiger partial charge in [-0.3, -0.25) is 4.99 Å². The van der Waals surface area contributed by atoms with E-state index in [1.165, 1.54) is 22.6 Å². The first-order valence-electron chi connectivity index (χ1n) is 7.93. The van der Waals surface area contributed by atoms with Crippen molar-refractivity contribution in [3.05, 3.63) is 46.1 Å². The van der Waals surface area contributed by atoms with Crippen LogP contribution in [0.3, 0.4) is 0 Å². The molecule has 2 aromatic rings. The summed E-state index contributed by atoms with van der Waals surface area (Å²) in [4.78, 5) is 6.95. The van der Waals surface area contributed by atoms with Crippen LogP contribution in [0.15, 0.2) is 29.3 Å². The highest BCUT2D eigenvalue weighted by atomic mass is 32.2. The van der Waals surface area contributed by atoms with Crippen LogP contribution in [0.1, 0.15) is 35.3 Å². The number of fused-ring (bicyclic) bond motifs is 2. The molecule has 0 bridgehead atoms. The zero-order valence-electron chi connectivity index (χ0n) is 13.0. The lowest BCUT2D eigenvalue weighted by atomic mass is 9.78. The van der Waals surface area contributed by atoms with Gasteiger partial charge in [-0.15, -0.1) is 11.3 Å². The predicted molar refractivity (Wildman–Crippen MR) is 97.7 cm³/mol. The molecule has 1 unspecified atom stereocenters. The maximum Gasteiger partial charge on any atom is 0.154 e. The summed E-state index contributed by atoms with van der Waals surface area (Å²) in [6.07, 6.45) is 4.05. The normalized spacial score (nSPS) is 22.8. The van der Waals surface area contributed by atoms with Crippen molar-refractivity contribution >= 4 is 28.3 Å². The zero-order chi connectivity index (χ0) is 16.7. The maximum atomic E-state index is 14.3. The van der Waals surface area contributed by atoms with E-state index < -0.39 is 0 Å². The summed E-state index contributed by atoms with van der Waals surface area (Å²) in [6.45, 7) is 0. The lowest BCUT2D eigenvalue weighted by Gasteiger charge is -2.36. The fourth-order valence-corrected chi connectivity index (χ4v) is 5.80. The van der Waals surface area contributed by atoms with E-state index in [4.69, 9.17) is 16.0 Å². The van der Waals surface area contributed by atoms with Gasteiger partial charge in [0.1, 0.15) is 5.82 Å². The highest BCUT2D eigenvalue weighted by molar-refractivity contribution is 8.13. The third-order valence-electron chi connectivity index (χ3n) is 4.76. The number of thiophene rings is 1. The second-order valence-electron chi connectivity index (χ2n) is 6.19. The number of halogens is 1. The van der Waals surface area contributed by atoms with E-state index in [1.54, 1.807) is 29.2 Å². The van der Waals surface area contributed by atoms with Gasteiger partial charge in [0.15, 0.2) is 5.17 Å². The van der Waals surface area contributed by atoms with Gasteiger partial charge in [-0.25, -0.2) is 4.39 Å². The van der Waals surface area contributed by atoms with E-state index in [0.29, 0.717) is 16.3 Å². The Kier molecular flexibility index (Phi) is 3.86. The van der Waals surface area contributed by atoms with Gasteiger partial charge in [0.05, 0.1) is 17.2 Å². The topological polar surface area (TPSA) is 62.2 Å². The van der Waals surface area contributed by atoms with Crippen LogP contribution in [-0.2, 0) is 12.0 Å². The number of hydrogen-bond donors (Lipinski definition) is 1. The highest BCUT2D eigenvalue weighted by Crippen LogP contribution is 2.49. The number of aliphatic imine (C=N–C) groups is 1. The monoisotopic (exact) mass is 357 g/mol. The SMILES string of the molecule is N#Cc1ccc(F)c(-c2cc3c(s2)CCCC32CCSC(N)=N2)c1. The Morgan fingerprint density at radius 2 is 2.17 bits per heavy atom. The standard InChI is InChI=1S/C18H16FN3S2/c19-14-4-3-11(10-20)8-12(14)16-9-13-15(24-16)2-1-5-18(13)6-7-23-17(21)22-18/h3-4,8-9H,1-2,5-7H2,(H2,21,22). The molecule has 1 atom stereocenters. The summed E-state index contributed by atoms with van der Waals surface area (Å²) < 4.78 is 14.3. The number of rotatable bonds is 1. The number of amidine groups is 1. The Morgan fingerprint density at radius 3 is 2.96 bits per heavy atom. The van der Waals surface area contributed by atoms with Gasteiger partial charge in [0.25, 0.3) is 0 Å². The first-order chi connectivity index (χ1) is 11.6. The Labute approximate surface area is 148 Å². The molecule has 0 fully saturated rings. The summed E-state index contributed by atoms with van der Waals surface area (Å²) in [5.41, 5.74) is 7.95. The maximum absolute atomic E-state index is 14.3. The molecule has 2 heterocycles. The van der Waals surface area contributed by atoms with Crippen molar-refractivity contribution in [2.75, 3.05) is 5.75 Å². The van der Waals surface area contributed by atoms with E-state index in [1.807, 2.05) is 0 Å². The van der Waals surface area contributed by atoms with Crippen LogP contribution in [0.5, 0.6) is 0 Å². The highest BCUT2D eigenvalue weighted by Gasteiger charge is 2.39. The molecule has 0 saturated carbocycles. The molecular weight excluding hydrogens is 341 g/mol. The average molecular weight is 357 g/mol. The van der Waals surface area contributed by atoms with Crippen LogP contribution in [0.4, 0.5) is 4.39 Å². The Balaban J connectivity index is 1.84. The van der Waals surface area contributed by atoms with E-state index in [-0.39, 0.29) is 11.4 Å². The molecule has 2 aliphatic rings. The molecule has 1 aromatic heterocycles. The largest absolute Gasteiger partial charge is 0.379 e. The number of nitrogens with two attached hydrogens (primary N) is 1. The minimum atomic E-state index is -0.288. The lowest BCUT2D eigenvalue weighted by molar-refractivity contribution is 0.368. The molecule has 1 aromatic carbocycles. The van der Waals surface area contributed by atoms with E-state index in [2.05, 4.69) is 12.1 Å². The van der Waals surface area contributed by atoms with Crippen molar-refractivity contribution in [1.29, 1.82) is 5.26 Å². The Hall–Kier alpha value is -1.84. The van der Waals surface area contributed by atoms with E-state index >= 15 is 0 Å². The molecule has 1 aliphatic heterocycles. The van der Waals surface area contributed by atoms with Crippen molar-refractivity contribution < 1.29 is 4.39 Å². The second kappa shape index (κ2) is 5.91.